The van der Waals surface area contributed by atoms with E-state index >= 15 is 0 Å². The van der Waals surface area contributed by atoms with E-state index in [4.69, 9.17) is 11.6 Å². The lowest BCUT2D eigenvalue weighted by molar-refractivity contribution is 0.494. The van der Waals surface area contributed by atoms with Gasteiger partial charge in [0.2, 0.25) is 0 Å². The van der Waals surface area contributed by atoms with Crippen molar-refractivity contribution in [3.8, 4) is 0 Å². The zero-order chi connectivity index (χ0) is 12.9. The van der Waals surface area contributed by atoms with Gasteiger partial charge in [-0.15, -0.1) is 0 Å². The molecule has 1 aliphatic rings. The molecule has 2 aromatic rings. The molecule has 1 saturated heterocycles. The van der Waals surface area contributed by atoms with Gasteiger partial charge in [0.1, 0.15) is 17.3 Å². The minimum atomic E-state index is 0.512. The molecule has 3 rings (SSSR count). The molecule has 18 heavy (non-hydrogen) atoms. The summed E-state index contributed by atoms with van der Waals surface area (Å²) >= 11 is 6.18. The average Bonchev–Trinajstić information content (AvgIpc) is 2.88. The number of aromatic nitrogens is 4. The molecule has 5 nitrogen and oxygen atoms in total. The lowest BCUT2D eigenvalue weighted by Crippen LogP contribution is -2.24. The fraction of sp³-hybridized carbons (Fsp3) is 0.583. The number of anilines is 1. The van der Waals surface area contributed by atoms with Gasteiger partial charge in [-0.1, -0.05) is 25.4 Å². The second kappa shape index (κ2) is 4.09. The lowest BCUT2D eigenvalue weighted by atomic mass is 10.0. The summed E-state index contributed by atoms with van der Waals surface area (Å²) in [5.41, 5.74) is 0.968. The van der Waals surface area contributed by atoms with Gasteiger partial charge in [0.05, 0.1) is 0 Å². The monoisotopic (exact) mass is 265 g/mol. The number of fused-ring (bicyclic) bond motifs is 1. The molecule has 96 valence electrons. The summed E-state index contributed by atoms with van der Waals surface area (Å²) in [5.74, 6) is 2.94. The number of hydrogen-bond donors (Lipinski definition) is 0. The molecule has 0 bridgehead atoms. The van der Waals surface area contributed by atoms with Crippen LogP contribution in [0.2, 0.25) is 5.15 Å². The van der Waals surface area contributed by atoms with Crippen LogP contribution in [0.15, 0.2) is 6.33 Å². The van der Waals surface area contributed by atoms with Crippen molar-refractivity contribution < 1.29 is 0 Å². The summed E-state index contributed by atoms with van der Waals surface area (Å²) in [6.07, 6.45) is 1.52. The highest BCUT2D eigenvalue weighted by molar-refractivity contribution is 6.30. The molecule has 3 heterocycles. The summed E-state index contributed by atoms with van der Waals surface area (Å²) in [5, 5.41) is 4.77. The fourth-order valence-corrected chi connectivity index (χ4v) is 2.72. The normalized spacial score (nSPS) is 24.1. The molecule has 0 amide bonds. The van der Waals surface area contributed by atoms with Crippen LogP contribution in [0.4, 0.5) is 5.82 Å². The Labute approximate surface area is 111 Å². The van der Waals surface area contributed by atoms with Crippen LogP contribution in [0.3, 0.4) is 0 Å². The van der Waals surface area contributed by atoms with Crippen LogP contribution in [0.1, 0.15) is 19.4 Å². The van der Waals surface area contributed by atoms with Gasteiger partial charge < -0.3 is 4.90 Å². The maximum atomic E-state index is 6.18. The van der Waals surface area contributed by atoms with Crippen molar-refractivity contribution in [2.24, 2.45) is 11.8 Å². The van der Waals surface area contributed by atoms with Gasteiger partial charge in [0.15, 0.2) is 0 Å². The van der Waals surface area contributed by atoms with Crippen molar-refractivity contribution in [3.05, 3.63) is 17.0 Å². The highest BCUT2D eigenvalue weighted by Crippen LogP contribution is 2.32. The largest absolute Gasteiger partial charge is 0.356 e. The maximum absolute atomic E-state index is 6.18. The minimum Gasteiger partial charge on any atom is -0.356 e. The van der Waals surface area contributed by atoms with Crippen LogP contribution in [0.25, 0.3) is 5.78 Å². The SMILES string of the molecule is Cc1c(Cl)nc2ncnn2c1N1CC(C)C(C)C1. The number of rotatable bonds is 1. The van der Waals surface area contributed by atoms with Gasteiger partial charge >= 0.3 is 0 Å². The standard InChI is InChI=1S/C12H16ClN5/c1-7-4-17(5-8(7)2)11-9(3)10(13)16-12-14-6-15-18(11)12/h6-8H,4-5H2,1-3H3. The van der Waals surface area contributed by atoms with Gasteiger partial charge in [-0.3, -0.25) is 0 Å². The predicted molar refractivity (Wildman–Crippen MR) is 71.1 cm³/mol. The molecule has 1 aliphatic heterocycles. The topological polar surface area (TPSA) is 46.3 Å². The Kier molecular flexibility index (Phi) is 2.66. The minimum absolute atomic E-state index is 0.512. The molecule has 6 heteroatoms. The summed E-state index contributed by atoms with van der Waals surface area (Å²) in [6, 6.07) is 0. The molecule has 0 radical (unpaired) electrons. The first kappa shape index (κ1) is 11.7. The Bertz CT molecular complexity index is 583. The van der Waals surface area contributed by atoms with E-state index in [0.717, 1.165) is 24.5 Å². The molecule has 0 aromatic carbocycles. The fourth-order valence-electron chi connectivity index (χ4n) is 2.56. The second-order valence-electron chi connectivity index (χ2n) is 5.18. The Balaban J connectivity index is 2.16. The molecule has 0 N–H and O–H groups in total. The summed E-state index contributed by atoms with van der Waals surface area (Å²) in [4.78, 5) is 10.7. The molecule has 2 unspecified atom stereocenters. The van der Waals surface area contributed by atoms with Gasteiger partial charge in [-0.05, 0) is 18.8 Å². The van der Waals surface area contributed by atoms with Crippen LogP contribution < -0.4 is 4.90 Å². The van der Waals surface area contributed by atoms with Gasteiger partial charge in [-0.2, -0.15) is 19.6 Å². The van der Waals surface area contributed by atoms with Crippen LogP contribution in [0.5, 0.6) is 0 Å². The second-order valence-corrected chi connectivity index (χ2v) is 5.54. The van der Waals surface area contributed by atoms with E-state index in [2.05, 4.69) is 33.8 Å². The molecule has 0 saturated carbocycles. The van der Waals surface area contributed by atoms with E-state index in [1.165, 1.54) is 6.33 Å². The first-order valence-electron chi connectivity index (χ1n) is 6.18. The molecular weight excluding hydrogens is 250 g/mol. The Morgan fingerprint density at radius 3 is 2.61 bits per heavy atom. The van der Waals surface area contributed by atoms with Crippen LogP contribution >= 0.6 is 11.6 Å². The third-order valence-corrected chi connectivity index (χ3v) is 4.23. The van der Waals surface area contributed by atoms with Crippen LogP contribution in [-0.4, -0.2) is 32.7 Å². The van der Waals surface area contributed by atoms with Crippen molar-refractivity contribution in [3.63, 3.8) is 0 Å². The van der Waals surface area contributed by atoms with Crippen molar-refractivity contribution in [1.82, 2.24) is 19.6 Å². The van der Waals surface area contributed by atoms with Crippen molar-refractivity contribution >= 4 is 23.2 Å². The van der Waals surface area contributed by atoms with Crippen LogP contribution in [0, 0.1) is 18.8 Å². The number of halogens is 1. The number of hydrogen-bond acceptors (Lipinski definition) is 4. The molecular formula is C12H16ClN5. The zero-order valence-electron chi connectivity index (χ0n) is 10.8. The predicted octanol–water partition coefficient (Wildman–Crippen LogP) is 2.18. The molecule has 2 atom stereocenters. The van der Waals surface area contributed by atoms with E-state index in [1.54, 1.807) is 4.52 Å². The molecule has 1 fully saturated rings. The van der Waals surface area contributed by atoms with E-state index in [1.807, 2.05) is 6.92 Å². The van der Waals surface area contributed by atoms with Gasteiger partial charge in [-0.25, -0.2) is 0 Å². The van der Waals surface area contributed by atoms with Crippen LogP contribution in [-0.2, 0) is 0 Å². The average molecular weight is 266 g/mol. The first-order chi connectivity index (χ1) is 8.58. The third-order valence-electron chi connectivity index (χ3n) is 3.86. The van der Waals surface area contributed by atoms with Crippen molar-refractivity contribution in [2.45, 2.75) is 20.8 Å². The third kappa shape index (κ3) is 1.65. The van der Waals surface area contributed by atoms with Crippen molar-refractivity contribution in [2.75, 3.05) is 18.0 Å². The van der Waals surface area contributed by atoms with Gasteiger partial charge in [0, 0.05) is 18.7 Å². The first-order valence-corrected chi connectivity index (χ1v) is 6.56. The van der Waals surface area contributed by atoms with Crippen molar-refractivity contribution in [1.29, 1.82) is 0 Å². The Hall–Kier alpha value is -1.36. The van der Waals surface area contributed by atoms with E-state index < -0.39 is 0 Å². The van der Waals surface area contributed by atoms with E-state index in [-0.39, 0.29) is 0 Å². The summed E-state index contributed by atoms with van der Waals surface area (Å²) in [6.45, 7) is 8.59. The summed E-state index contributed by atoms with van der Waals surface area (Å²) in [7, 11) is 0. The maximum Gasteiger partial charge on any atom is 0.255 e. The quantitative estimate of drug-likeness (QED) is 0.742. The van der Waals surface area contributed by atoms with Gasteiger partial charge in [0.25, 0.3) is 5.78 Å². The Morgan fingerprint density at radius 1 is 1.28 bits per heavy atom. The summed E-state index contributed by atoms with van der Waals surface area (Å²) < 4.78 is 1.78. The number of nitrogens with zero attached hydrogens (tertiary/aromatic N) is 5. The van der Waals surface area contributed by atoms with E-state index in [9.17, 15) is 0 Å². The zero-order valence-corrected chi connectivity index (χ0v) is 11.5. The Morgan fingerprint density at radius 2 is 1.94 bits per heavy atom. The molecule has 2 aromatic heterocycles. The lowest BCUT2D eigenvalue weighted by Gasteiger charge is -2.21. The smallest absolute Gasteiger partial charge is 0.255 e. The molecule has 0 aliphatic carbocycles. The van der Waals surface area contributed by atoms with E-state index in [0.29, 0.717) is 22.8 Å². The highest BCUT2D eigenvalue weighted by atomic mass is 35.5. The molecule has 0 spiro atoms. The highest BCUT2D eigenvalue weighted by Gasteiger charge is 2.29.